The fraction of sp³-hybridized carbons (Fsp3) is 0.524. The number of aromatic nitrogens is 1. The van der Waals surface area contributed by atoms with Gasteiger partial charge in [0.1, 0.15) is 5.76 Å². The van der Waals surface area contributed by atoms with Crippen molar-refractivity contribution in [2.24, 2.45) is 4.99 Å². The Morgan fingerprint density at radius 2 is 1.90 bits per heavy atom. The highest BCUT2D eigenvalue weighted by molar-refractivity contribution is 14.0. The van der Waals surface area contributed by atoms with E-state index in [1.807, 2.05) is 19.9 Å². The predicted molar refractivity (Wildman–Crippen MR) is 124 cm³/mol. The molecular weight excluding hydrogens is 499 g/mol. The SMILES string of the molecule is CN=C(NCc1nc(C)c(C)o1)NCC1(c2ccc3c(c2)OCO3)CCOCC1.I. The summed E-state index contributed by atoms with van der Waals surface area (Å²) in [7, 11) is 1.76. The van der Waals surface area contributed by atoms with Gasteiger partial charge >= 0.3 is 0 Å². The van der Waals surface area contributed by atoms with Crippen LogP contribution in [0.3, 0.4) is 0 Å². The van der Waals surface area contributed by atoms with Crippen molar-refractivity contribution >= 4 is 29.9 Å². The minimum absolute atomic E-state index is 0. The zero-order valence-corrected chi connectivity index (χ0v) is 19.9. The van der Waals surface area contributed by atoms with Crippen LogP contribution in [0.1, 0.15) is 35.7 Å². The van der Waals surface area contributed by atoms with Crippen molar-refractivity contribution < 1.29 is 18.6 Å². The number of ether oxygens (including phenoxy) is 3. The van der Waals surface area contributed by atoms with Crippen molar-refractivity contribution in [2.75, 3.05) is 33.6 Å². The van der Waals surface area contributed by atoms with E-state index in [9.17, 15) is 0 Å². The second-order valence-corrected chi connectivity index (χ2v) is 7.49. The van der Waals surface area contributed by atoms with E-state index in [-0.39, 0.29) is 36.2 Å². The van der Waals surface area contributed by atoms with Gasteiger partial charge in [-0.15, -0.1) is 24.0 Å². The van der Waals surface area contributed by atoms with Gasteiger partial charge < -0.3 is 29.3 Å². The predicted octanol–water partition coefficient (Wildman–Crippen LogP) is 3.05. The van der Waals surface area contributed by atoms with Crippen molar-refractivity contribution in [3.05, 3.63) is 41.1 Å². The maximum Gasteiger partial charge on any atom is 0.231 e. The fourth-order valence-electron chi connectivity index (χ4n) is 3.80. The van der Waals surface area contributed by atoms with Gasteiger partial charge in [-0.1, -0.05) is 6.07 Å². The average molecular weight is 528 g/mol. The van der Waals surface area contributed by atoms with Crippen molar-refractivity contribution in [3.63, 3.8) is 0 Å². The Kier molecular flexibility index (Phi) is 7.45. The number of hydrogen-bond donors (Lipinski definition) is 2. The van der Waals surface area contributed by atoms with Crippen LogP contribution in [0.2, 0.25) is 0 Å². The van der Waals surface area contributed by atoms with Crippen molar-refractivity contribution in [2.45, 2.75) is 38.6 Å². The summed E-state index contributed by atoms with van der Waals surface area (Å²) in [5.41, 5.74) is 2.08. The Balaban J connectivity index is 0.00000256. The number of nitrogens with one attached hydrogen (secondary N) is 2. The third kappa shape index (κ3) is 4.83. The highest BCUT2D eigenvalue weighted by Crippen LogP contribution is 2.40. The summed E-state index contributed by atoms with van der Waals surface area (Å²) in [6.07, 6.45) is 1.85. The number of aliphatic imine (C=N–C) groups is 1. The van der Waals surface area contributed by atoms with Gasteiger partial charge in [-0.05, 0) is 44.4 Å². The van der Waals surface area contributed by atoms with E-state index in [1.54, 1.807) is 7.05 Å². The van der Waals surface area contributed by atoms with E-state index >= 15 is 0 Å². The van der Waals surface area contributed by atoms with E-state index in [4.69, 9.17) is 18.6 Å². The Morgan fingerprint density at radius 1 is 1.13 bits per heavy atom. The largest absolute Gasteiger partial charge is 0.454 e. The second-order valence-electron chi connectivity index (χ2n) is 7.49. The van der Waals surface area contributed by atoms with E-state index in [2.05, 4.69) is 32.7 Å². The van der Waals surface area contributed by atoms with Gasteiger partial charge in [0.15, 0.2) is 17.5 Å². The van der Waals surface area contributed by atoms with Crippen LogP contribution in [0.15, 0.2) is 27.6 Å². The molecule has 2 aromatic rings. The number of hydrogen-bond acceptors (Lipinski definition) is 6. The minimum atomic E-state index is -0.0625. The van der Waals surface area contributed by atoms with Gasteiger partial charge in [0.25, 0.3) is 0 Å². The van der Waals surface area contributed by atoms with E-state index < -0.39 is 0 Å². The topological polar surface area (TPSA) is 90.1 Å². The Labute approximate surface area is 193 Å². The number of guanidine groups is 1. The number of halogens is 1. The van der Waals surface area contributed by atoms with Gasteiger partial charge in [-0.25, -0.2) is 4.98 Å². The zero-order chi connectivity index (χ0) is 20.3. The van der Waals surface area contributed by atoms with Crippen LogP contribution in [0.5, 0.6) is 11.5 Å². The van der Waals surface area contributed by atoms with Crippen LogP contribution in [0.4, 0.5) is 0 Å². The number of nitrogens with zero attached hydrogens (tertiary/aromatic N) is 2. The fourth-order valence-corrected chi connectivity index (χ4v) is 3.80. The molecule has 2 aliphatic heterocycles. The molecular formula is C21H29IN4O4. The lowest BCUT2D eigenvalue weighted by Crippen LogP contribution is -2.47. The average Bonchev–Trinajstić information content (AvgIpc) is 3.34. The summed E-state index contributed by atoms with van der Waals surface area (Å²) >= 11 is 0. The molecule has 0 saturated carbocycles. The molecule has 9 heteroatoms. The molecule has 0 radical (unpaired) electrons. The molecule has 1 aromatic heterocycles. The molecule has 1 fully saturated rings. The summed E-state index contributed by atoms with van der Waals surface area (Å²) in [5, 5.41) is 6.76. The van der Waals surface area contributed by atoms with Crippen LogP contribution >= 0.6 is 24.0 Å². The normalized spacial score (nSPS) is 17.4. The molecule has 164 valence electrons. The Bertz CT molecular complexity index is 874. The third-order valence-electron chi connectivity index (χ3n) is 5.73. The molecule has 0 amide bonds. The summed E-state index contributed by atoms with van der Waals surface area (Å²) in [6.45, 7) is 6.82. The molecule has 30 heavy (non-hydrogen) atoms. The van der Waals surface area contributed by atoms with Crippen molar-refractivity contribution in [1.82, 2.24) is 15.6 Å². The van der Waals surface area contributed by atoms with Gasteiger partial charge in [0, 0.05) is 32.2 Å². The summed E-state index contributed by atoms with van der Waals surface area (Å²) < 4.78 is 22.3. The molecule has 2 N–H and O–H groups in total. The lowest BCUT2D eigenvalue weighted by molar-refractivity contribution is 0.0513. The first-order valence-electron chi connectivity index (χ1n) is 9.95. The lowest BCUT2D eigenvalue weighted by Gasteiger charge is -2.38. The van der Waals surface area contributed by atoms with Gasteiger partial charge in [0.2, 0.25) is 12.7 Å². The molecule has 0 unspecified atom stereocenters. The first-order chi connectivity index (χ1) is 14.1. The van der Waals surface area contributed by atoms with Crippen LogP contribution in [-0.4, -0.2) is 44.5 Å². The summed E-state index contributed by atoms with van der Waals surface area (Å²) in [4.78, 5) is 8.76. The number of fused-ring (bicyclic) bond motifs is 1. The maximum atomic E-state index is 5.64. The zero-order valence-electron chi connectivity index (χ0n) is 17.6. The summed E-state index contributed by atoms with van der Waals surface area (Å²) in [6, 6.07) is 6.23. The molecule has 1 aromatic carbocycles. The molecule has 0 atom stereocenters. The van der Waals surface area contributed by atoms with Gasteiger partial charge in [0.05, 0.1) is 12.2 Å². The molecule has 0 spiro atoms. The minimum Gasteiger partial charge on any atom is -0.454 e. The molecule has 3 heterocycles. The number of benzene rings is 1. The second kappa shape index (κ2) is 9.86. The number of oxazole rings is 1. The van der Waals surface area contributed by atoms with E-state index in [0.717, 1.165) is 55.6 Å². The number of aryl methyl sites for hydroxylation is 2. The standard InChI is InChI=1S/C21H28N4O4.HI/c1-14-15(2)29-19(25-14)11-23-20(22-3)24-12-21(6-8-26-9-7-21)16-4-5-17-18(10-16)28-13-27-17;/h4-5,10H,6-9,11-13H2,1-3H3,(H2,22,23,24);1H. The highest BCUT2D eigenvalue weighted by Gasteiger charge is 2.35. The Hall–Kier alpha value is -2.01. The van der Waals surface area contributed by atoms with Crippen molar-refractivity contribution in [1.29, 1.82) is 0 Å². The van der Waals surface area contributed by atoms with Crippen molar-refractivity contribution in [3.8, 4) is 11.5 Å². The van der Waals surface area contributed by atoms with E-state index in [1.165, 1.54) is 5.56 Å². The van der Waals surface area contributed by atoms with Crippen LogP contribution in [0, 0.1) is 13.8 Å². The Morgan fingerprint density at radius 3 is 2.60 bits per heavy atom. The van der Waals surface area contributed by atoms with Gasteiger partial charge in [-0.3, -0.25) is 4.99 Å². The van der Waals surface area contributed by atoms with Crippen LogP contribution < -0.4 is 20.1 Å². The van der Waals surface area contributed by atoms with E-state index in [0.29, 0.717) is 18.4 Å². The quantitative estimate of drug-likeness (QED) is 0.351. The van der Waals surface area contributed by atoms with Crippen LogP contribution in [-0.2, 0) is 16.7 Å². The molecule has 0 aliphatic carbocycles. The first kappa shape index (κ1) is 22.7. The van der Waals surface area contributed by atoms with Gasteiger partial charge in [-0.2, -0.15) is 0 Å². The lowest BCUT2D eigenvalue weighted by atomic mass is 9.74. The smallest absolute Gasteiger partial charge is 0.231 e. The molecule has 2 aliphatic rings. The maximum absolute atomic E-state index is 5.64. The molecule has 1 saturated heterocycles. The summed E-state index contributed by atoms with van der Waals surface area (Å²) in [5.74, 6) is 3.82. The van der Waals surface area contributed by atoms with Crippen LogP contribution in [0.25, 0.3) is 0 Å². The molecule has 8 nitrogen and oxygen atoms in total. The molecule has 4 rings (SSSR count). The monoisotopic (exact) mass is 528 g/mol. The molecule has 0 bridgehead atoms. The third-order valence-corrected chi connectivity index (χ3v) is 5.73. The first-order valence-corrected chi connectivity index (χ1v) is 9.95. The highest BCUT2D eigenvalue weighted by atomic mass is 127. The number of rotatable bonds is 5.